The second-order valence-electron chi connectivity index (χ2n) is 8.24. The Labute approximate surface area is 217 Å². The summed E-state index contributed by atoms with van der Waals surface area (Å²) >= 11 is 0.958. The highest BCUT2D eigenvalue weighted by molar-refractivity contribution is 7.93. The Kier molecular flexibility index (Phi) is 7.72. The molecule has 3 aromatic rings. The van der Waals surface area contributed by atoms with Crippen molar-refractivity contribution in [1.29, 1.82) is 0 Å². The van der Waals surface area contributed by atoms with Gasteiger partial charge in [0, 0.05) is 18.5 Å². The van der Waals surface area contributed by atoms with Crippen molar-refractivity contribution < 1.29 is 44.3 Å². The average molecular weight is 580 g/mol. The first-order chi connectivity index (χ1) is 17.7. The topological polar surface area (TPSA) is 88.6 Å². The lowest BCUT2D eigenvalue weighted by Crippen LogP contribution is -2.41. The lowest BCUT2D eigenvalue weighted by molar-refractivity contribution is -0.143. The van der Waals surface area contributed by atoms with E-state index in [1.54, 1.807) is 4.90 Å². The van der Waals surface area contributed by atoms with E-state index in [-0.39, 0.29) is 39.5 Å². The van der Waals surface area contributed by atoms with Crippen molar-refractivity contribution in [3.63, 3.8) is 0 Å². The van der Waals surface area contributed by atoms with Crippen LogP contribution in [0.1, 0.15) is 16.8 Å². The van der Waals surface area contributed by atoms with Gasteiger partial charge in [-0.1, -0.05) is 12.1 Å². The highest BCUT2D eigenvalue weighted by Gasteiger charge is 2.37. The Morgan fingerprint density at radius 3 is 2.08 bits per heavy atom. The van der Waals surface area contributed by atoms with Crippen molar-refractivity contribution in [2.45, 2.75) is 23.7 Å². The summed E-state index contributed by atoms with van der Waals surface area (Å²) in [4.78, 5) is 17.8. The molecule has 7 nitrogen and oxygen atoms in total. The number of anilines is 1. The van der Waals surface area contributed by atoms with Gasteiger partial charge in [0.2, 0.25) is 5.91 Å². The van der Waals surface area contributed by atoms with E-state index in [9.17, 15) is 39.6 Å². The van der Waals surface area contributed by atoms with Crippen LogP contribution in [0.3, 0.4) is 0 Å². The summed E-state index contributed by atoms with van der Waals surface area (Å²) in [6.07, 6.45) is -10.0. The molecule has 1 aliphatic heterocycles. The fourth-order valence-corrected chi connectivity index (χ4v) is 5.60. The zero-order chi connectivity index (χ0) is 27.7. The van der Waals surface area contributed by atoms with E-state index < -0.39 is 33.5 Å². The summed E-state index contributed by atoms with van der Waals surface area (Å²) in [5.41, 5.74) is -3.01. The summed E-state index contributed by atoms with van der Waals surface area (Å²) in [6.45, 7) is 1.78. The summed E-state index contributed by atoms with van der Waals surface area (Å²) in [7, 11) is -4.18. The number of nitrogens with zero attached hydrogens (tertiary/aromatic N) is 2. The van der Waals surface area contributed by atoms with Crippen molar-refractivity contribution in [3.05, 3.63) is 64.7 Å². The van der Waals surface area contributed by atoms with Crippen LogP contribution < -0.4 is 4.72 Å². The quantitative estimate of drug-likeness (QED) is 0.413. The first-order valence-corrected chi connectivity index (χ1v) is 13.3. The maximum absolute atomic E-state index is 13.2. The second-order valence-corrected chi connectivity index (χ2v) is 10.8. The molecule has 0 aliphatic carbocycles. The molecule has 1 N–H and O–H groups in total. The molecule has 38 heavy (non-hydrogen) atoms. The minimum atomic E-state index is -5.01. The van der Waals surface area contributed by atoms with Crippen molar-refractivity contribution >= 4 is 32.4 Å². The highest BCUT2D eigenvalue weighted by Crippen LogP contribution is 2.38. The number of hydrogen-bond donors (Lipinski definition) is 1. The number of benzene rings is 2. The zero-order valence-corrected chi connectivity index (χ0v) is 20.9. The molecule has 0 radical (unpaired) electrons. The zero-order valence-electron chi connectivity index (χ0n) is 19.3. The number of hydrogen-bond acceptors (Lipinski definition) is 6. The van der Waals surface area contributed by atoms with Gasteiger partial charge < -0.3 is 9.64 Å². The van der Waals surface area contributed by atoms with Gasteiger partial charge in [-0.15, -0.1) is 11.3 Å². The Morgan fingerprint density at radius 2 is 1.53 bits per heavy atom. The number of rotatable bonds is 6. The molecule has 0 bridgehead atoms. The molecule has 1 fully saturated rings. The molecule has 0 spiro atoms. The average Bonchev–Trinajstić information content (AvgIpc) is 3.29. The minimum Gasteiger partial charge on any atom is -0.378 e. The number of nitrogens with one attached hydrogen (secondary N) is 1. The number of carbonyl (C=O) groups is 1. The molecule has 0 unspecified atom stereocenters. The Morgan fingerprint density at radius 1 is 0.947 bits per heavy atom. The smallest absolute Gasteiger partial charge is 0.378 e. The van der Waals surface area contributed by atoms with E-state index >= 15 is 0 Å². The molecule has 1 saturated heterocycles. The molecule has 204 valence electrons. The van der Waals surface area contributed by atoms with Crippen molar-refractivity contribution in [3.8, 4) is 11.1 Å². The van der Waals surface area contributed by atoms with Gasteiger partial charge in [0.1, 0.15) is 0 Å². The molecular formula is C23H19F6N3O4S2. The lowest BCUT2D eigenvalue weighted by Gasteiger charge is -2.26. The maximum atomic E-state index is 13.2. The van der Waals surface area contributed by atoms with Crippen LogP contribution in [0.25, 0.3) is 11.1 Å². The Balaban J connectivity index is 1.50. The number of ether oxygens (including phenoxy) is 1. The minimum absolute atomic E-state index is 0.00782. The van der Waals surface area contributed by atoms with E-state index in [0.717, 1.165) is 35.6 Å². The molecule has 15 heteroatoms. The summed E-state index contributed by atoms with van der Waals surface area (Å²) < 4.78 is 112. The standard InChI is InChI=1S/C23H19F6N3O4S2/c24-22(25,26)16-9-15(10-17(11-16)23(27,28)29)14-1-3-19(4-2-14)38(34,35)31-21-30-18(13-37-21)12-20(33)32-5-7-36-8-6-32/h1-4,9-11,13H,5-8,12H2,(H,30,31). The van der Waals surface area contributed by atoms with E-state index in [0.29, 0.717) is 44.1 Å². The van der Waals surface area contributed by atoms with Gasteiger partial charge in [-0.05, 0) is 41.5 Å². The van der Waals surface area contributed by atoms with Gasteiger partial charge in [-0.2, -0.15) is 26.3 Å². The third kappa shape index (κ3) is 6.63. The number of halogens is 6. The molecule has 2 heterocycles. The fraction of sp³-hybridized carbons (Fsp3) is 0.304. The largest absolute Gasteiger partial charge is 0.416 e. The van der Waals surface area contributed by atoms with Crippen molar-refractivity contribution in [1.82, 2.24) is 9.88 Å². The number of amides is 1. The van der Waals surface area contributed by atoms with E-state index in [2.05, 4.69) is 9.71 Å². The van der Waals surface area contributed by atoms with Gasteiger partial charge in [-0.25, -0.2) is 13.4 Å². The van der Waals surface area contributed by atoms with Gasteiger partial charge in [0.05, 0.1) is 41.4 Å². The summed E-state index contributed by atoms with van der Waals surface area (Å²) in [5, 5.41) is 1.53. The van der Waals surface area contributed by atoms with Crippen LogP contribution in [0, 0.1) is 0 Å². The normalized spacial score (nSPS) is 14.9. The molecular weight excluding hydrogens is 560 g/mol. The second kappa shape index (κ2) is 10.5. The lowest BCUT2D eigenvalue weighted by atomic mass is 9.99. The van der Waals surface area contributed by atoms with Crippen LogP contribution in [0.15, 0.2) is 52.7 Å². The highest BCUT2D eigenvalue weighted by atomic mass is 32.2. The first-order valence-electron chi connectivity index (χ1n) is 10.9. The van der Waals surface area contributed by atoms with E-state index in [1.165, 1.54) is 5.38 Å². The third-order valence-corrected chi connectivity index (χ3v) is 7.85. The number of aromatic nitrogens is 1. The molecule has 0 saturated carbocycles. The number of alkyl halides is 6. The van der Waals surface area contributed by atoms with Gasteiger partial charge >= 0.3 is 12.4 Å². The molecule has 4 rings (SSSR count). The van der Waals surface area contributed by atoms with E-state index in [4.69, 9.17) is 4.74 Å². The number of carbonyl (C=O) groups excluding carboxylic acids is 1. The molecule has 0 atom stereocenters. The van der Waals surface area contributed by atoms with Crippen LogP contribution >= 0.6 is 11.3 Å². The van der Waals surface area contributed by atoms with Gasteiger partial charge in [-0.3, -0.25) is 9.52 Å². The SMILES string of the molecule is O=C(Cc1csc(NS(=O)(=O)c2ccc(-c3cc(C(F)(F)F)cc(C(F)(F)F)c3)cc2)n1)N1CCOCC1. The molecule has 2 aromatic carbocycles. The summed E-state index contributed by atoms with van der Waals surface area (Å²) in [5.74, 6) is -0.174. The van der Waals surface area contributed by atoms with Crippen LogP contribution in [0.4, 0.5) is 31.5 Å². The predicted molar refractivity (Wildman–Crippen MR) is 126 cm³/mol. The molecule has 1 aromatic heterocycles. The maximum Gasteiger partial charge on any atom is 0.416 e. The number of thiazole rings is 1. The Hall–Kier alpha value is -3.17. The van der Waals surface area contributed by atoms with Crippen LogP contribution in [-0.4, -0.2) is 50.5 Å². The van der Waals surface area contributed by atoms with Crippen molar-refractivity contribution in [2.24, 2.45) is 0 Å². The Bertz CT molecular complexity index is 1380. The fourth-order valence-electron chi connectivity index (χ4n) is 3.64. The number of morpholine rings is 1. The predicted octanol–water partition coefficient (Wildman–Crippen LogP) is 5.05. The first kappa shape index (κ1) is 27.9. The van der Waals surface area contributed by atoms with Crippen LogP contribution in [0.2, 0.25) is 0 Å². The third-order valence-electron chi connectivity index (χ3n) is 5.56. The molecule has 1 amide bonds. The molecule has 1 aliphatic rings. The number of sulfonamides is 1. The monoisotopic (exact) mass is 579 g/mol. The van der Waals surface area contributed by atoms with Crippen LogP contribution in [0.5, 0.6) is 0 Å². The van der Waals surface area contributed by atoms with E-state index in [1.807, 2.05) is 0 Å². The van der Waals surface area contributed by atoms with Gasteiger partial charge in [0.15, 0.2) is 5.13 Å². The summed E-state index contributed by atoms with van der Waals surface area (Å²) in [6, 6.07) is 5.47. The van der Waals surface area contributed by atoms with Crippen LogP contribution in [-0.2, 0) is 38.3 Å². The van der Waals surface area contributed by atoms with Crippen molar-refractivity contribution in [2.75, 3.05) is 31.0 Å². The van der Waals surface area contributed by atoms with Gasteiger partial charge in [0.25, 0.3) is 10.0 Å².